The number of halogens is 2. The van der Waals surface area contributed by atoms with Crippen LogP contribution in [0.3, 0.4) is 0 Å². The van der Waals surface area contributed by atoms with Gasteiger partial charge >= 0.3 is 0 Å². The van der Waals surface area contributed by atoms with Gasteiger partial charge in [-0.2, -0.15) is 0 Å². The summed E-state index contributed by atoms with van der Waals surface area (Å²) in [4.78, 5) is 4.50. The zero-order chi connectivity index (χ0) is 11.8. The first-order valence-corrected chi connectivity index (χ1v) is 6.69. The highest BCUT2D eigenvalue weighted by Gasteiger charge is 2.25. The monoisotopic (exact) mass is 302 g/mol. The van der Waals surface area contributed by atoms with Crippen molar-refractivity contribution in [1.82, 2.24) is 0 Å². The number of nitrogens with zero attached hydrogens (tertiary/aromatic N) is 1. The molecular formula is C11H12BrFN2S. The van der Waals surface area contributed by atoms with Crippen LogP contribution in [0.15, 0.2) is 27.7 Å². The van der Waals surface area contributed by atoms with Crippen LogP contribution in [0.4, 0.5) is 10.1 Å². The maximum absolute atomic E-state index is 13.3. The lowest BCUT2D eigenvalue weighted by atomic mass is 10.1. The fourth-order valence-electron chi connectivity index (χ4n) is 1.35. The number of nitrogens with one attached hydrogen (secondary N) is 1. The van der Waals surface area contributed by atoms with E-state index in [4.69, 9.17) is 0 Å². The van der Waals surface area contributed by atoms with E-state index < -0.39 is 0 Å². The van der Waals surface area contributed by atoms with Gasteiger partial charge in [0.05, 0.1) is 10.0 Å². The molecular weight excluding hydrogens is 291 g/mol. The second-order valence-electron chi connectivity index (χ2n) is 4.27. The van der Waals surface area contributed by atoms with Crippen LogP contribution >= 0.6 is 27.7 Å². The summed E-state index contributed by atoms with van der Waals surface area (Å²) < 4.78 is 13.7. The molecule has 0 amide bonds. The summed E-state index contributed by atoms with van der Waals surface area (Å²) in [6, 6.07) is 4.96. The molecule has 0 spiro atoms. The van der Waals surface area contributed by atoms with Crippen LogP contribution in [-0.4, -0.2) is 16.5 Å². The van der Waals surface area contributed by atoms with Gasteiger partial charge in [0.2, 0.25) is 0 Å². The Morgan fingerprint density at radius 3 is 2.81 bits per heavy atom. The first-order chi connectivity index (χ1) is 7.46. The van der Waals surface area contributed by atoms with E-state index in [-0.39, 0.29) is 11.4 Å². The molecule has 2 rings (SSSR count). The number of rotatable bonds is 1. The van der Waals surface area contributed by atoms with E-state index in [1.54, 1.807) is 17.8 Å². The van der Waals surface area contributed by atoms with Crippen LogP contribution < -0.4 is 5.32 Å². The number of hydrogen-bond acceptors (Lipinski definition) is 3. The van der Waals surface area contributed by atoms with Gasteiger partial charge in [-0.3, -0.25) is 4.99 Å². The number of hydrogen-bond donors (Lipinski definition) is 1. The number of anilines is 1. The molecule has 0 fully saturated rings. The molecule has 0 unspecified atom stereocenters. The molecule has 0 radical (unpaired) electrons. The molecule has 86 valence electrons. The molecule has 0 aliphatic carbocycles. The Kier molecular flexibility index (Phi) is 3.26. The van der Waals surface area contributed by atoms with Crippen molar-refractivity contribution < 1.29 is 4.39 Å². The van der Waals surface area contributed by atoms with Gasteiger partial charge in [-0.05, 0) is 48.0 Å². The van der Waals surface area contributed by atoms with E-state index in [0.29, 0.717) is 4.47 Å². The highest BCUT2D eigenvalue weighted by atomic mass is 79.9. The van der Waals surface area contributed by atoms with Crippen LogP contribution in [-0.2, 0) is 0 Å². The highest BCUT2D eigenvalue weighted by molar-refractivity contribution is 9.10. The van der Waals surface area contributed by atoms with Gasteiger partial charge in [-0.1, -0.05) is 11.8 Å². The predicted octanol–water partition coefficient (Wildman–Crippen LogP) is 3.88. The summed E-state index contributed by atoms with van der Waals surface area (Å²) in [5.74, 6) is 0.682. The number of benzene rings is 1. The second-order valence-corrected chi connectivity index (χ2v) is 6.09. The van der Waals surface area contributed by atoms with E-state index in [2.05, 4.69) is 40.1 Å². The largest absolute Gasteiger partial charge is 0.335 e. The Bertz CT molecular complexity index is 446. The van der Waals surface area contributed by atoms with E-state index in [9.17, 15) is 4.39 Å². The van der Waals surface area contributed by atoms with Crippen LogP contribution in [0.25, 0.3) is 0 Å². The summed E-state index contributed by atoms with van der Waals surface area (Å²) >= 11 is 4.78. The van der Waals surface area contributed by atoms with Crippen molar-refractivity contribution in [3.63, 3.8) is 0 Å². The van der Waals surface area contributed by atoms with Gasteiger partial charge in [0.25, 0.3) is 0 Å². The molecule has 5 heteroatoms. The van der Waals surface area contributed by atoms with Crippen molar-refractivity contribution in [2.24, 2.45) is 4.99 Å². The third kappa shape index (κ3) is 2.77. The summed E-state index contributed by atoms with van der Waals surface area (Å²) in [6.07, 6.45) is 0. The van der Waals surface area contributed by atoms with E-state index in [0.717, 1.165) is 16.6 Å². The second kappa shape index (κ2) is 4.37. The van der Waals surface area contributed by atoms with Gasteiger partial charge in [0, 0.05) is 11.4 Å². The van der Waals surface area contributed by atoms with Crippen LogP contribution in [0.2, 0.25) is 0 Å². The lowest BCUT2D eigenvalue weighted by molar-refractivity contribution is 0.605. The zero-order valence-corrected chi connectivity index (χ0v) is 11.5. The molecule has 1 aromatic carbocycles. The van der Waals surface area contributed by atoms with Gasteiger partial charge in [-0.25, -0.2) is 4.39 Å². The van der Waals surface area contributed by atoms with E-state index >= 15 is 0 Å². The van der Waals surface area contributed by atoms with Crippen LogP contribution in [0, 0.1) is 5.82 Å². The predicted molar refractivity (Wildman–Crippen MR) is 71.7 cm³/mol. The SMILES string of the molecule is CC1(C)CSC(Nc2ccc(Br)c(F)c2)=N1. The zero-order valence-electron chi connectivity index (χ0n) is 9.05. The van der Waals surface area contributed by atoms with Gasteiger partial charge in [-0.15, -0.1) is 0 Å². The molecule has 1 aliphatic heterocycles. The Morgan fingerprint density at radius 2 is 2.25 bits per heavy atom. The fraction of sp³-hybridized carbons (Fsp3) is 0.364. The van der Waals surface area contributed by atoms with Crippen molar-refractivity contribution in [2.75, 3.05) is 11.1 Å². The number of thioether (sulfide) groups is 1. The summed E-state index contributed by atoms with van der Waals surface area (Å²) in [5, 5.41) is 3.97. The standard InChI is InChI=1S/C11H12BrFN2S/c1-11(2)6-16-10(15-11)14-7-3-4-8(12)9(13)5-7/h3-5H,6H2,1-2H3,(H,14,15). The lowest BCUT2D eigenvalue weighted by Crippen LogP contribution is -2.15. The summed E-state index contributed by atoms with van der Waals surface area (Å²) in [6.45, 7) is 4.16. The minimum absolute atomic E-state index is 0.0269. The molecule has 1 heterocycles. The average Bonchev–Trinajstić information content (AvgIpc) is 2.52. The Labute approximate surface area is 107 Å². The minimum Gasteiger partial charge on any atom is -0.335 e. The van der Waals surface area contributed by atoms with Gasteiger partial charge in [0.15, 0.2) is 5.17 Å². The van der Waals surface area contributed by atoms with Crippen molar-refractivity contribution in [2.45, 2.75) is 19.4 Å². The Balaban J connectivity index is 2.13. The Hall–Kier alpha value is -0.550. The number of amidine groups is 1. The maximum Gasteiger partial charge on any atom is 0.161 e. The van der Waals surface area contributed by atoms with Crippen LogP contribution in [0.1, 0.15) is 13.8 Å². The highest BCUT2D eigenvalue weighted by Crippen LogP contribution is 2.28. The van der Waals surface area contributed by atoms with Crippen molar-refractivity contribution in [3.05, 3.63) is 28.5 Å². The number of aliphatic imine (C=N–C) groups is 1. The molecule has 0 saturated carbocycles. The summed E-state index contributed by atoms with van der Waals surface area (Å²) in [7, 11) is 0. The third-order valence-electron chi connectivity index (χ3n) is 2.14. The van der Waals surface area contributed by atoms with E-state index in [1.807, 2.05) is 6.07 Å². The van der Waals surface area contributed by atoms with Gasteiger partial charge in [0.1, 0.15) is 5.82 Å². The third-order valence-corrected chi connectivity index (χ3v) is 4.10. The fourth-order valence-corrected chi connectivity index (χ4v) is 2.65. The molecule has 0 bridgehead atoms. The molecule has 2 nitrogen and oxygen atoms in total. The first kappa shape index (κ1) is 11.9. The topological polar surface area (TPSA) is 24.4 Å². The molecule has 1 aliphatic rings. The molecule has 1 N–H and O–H groups in total. The maximum atomic E-state index is 13.3. The molecule has 0 aromatic heterocycles. The van der Waals surface area contributed by atoms with Crippen molar-refractivity contribution in [3.8, 4) is 0 Å². The van der Waals surface area contributed by atoms with Crippen molar-refractivity contribution >= 4 is 38.5 Å². The normalized spacial score (nSPS) is 18.4. The van der Waals surface area contributed by atoms with Gasteiger partial charge < -0.3 is 5.32 Å². The average molecular weight is 303 g/mol. The summed E-state index contributed by atoms with van der Waals surface area (Å²) in [5.41, 5.74) is 0.700. The molecule has 0 saturated heterocycles. The molecule has 1 aromatic rings. The minimum atomic E-state index is -0.271. The quantitative estimate of drug-likeness (QED) is 0.851. The molecule has 0 atom stereocenters. The molecule has 16 heavy (non-hydrogen) atoms. The first-order valence-electron chi connectivity index (χ1n) is 4.91. The smallest absolute Gasteiger partial charge is 0.161 e. The lowest BCUT2D eigenvalue weighted by Gasteiger charge is -2.09. The van der Waals surface area contributed by atoms with Crippen molar-refractivity contribution in [1.29, 1.82) is 0 Å². The van der Waals surface area contributed by atoms with E-state index in [1.165, 1.54) is 6.07 Å². The van der Waals surface area contributed by atoms with Crippen LogP contribution in [0.5, 0.6) is 0 Å². The Morgan fingerprint density at radius 1 is 1.50 bits per heavy atom.